The second kappa shape index (κ2) is 8.23. The Morgan fingerprint density at radius 1 is 1.28 bits per heavy atom. The summed E-state index contributed by atoms with van der Waals surface area (Å²) in [5.74, 6) is 0.697. The fourth-order valence-electron chi connectivity index (χ4n) is 1.60. The van der Waals surface area contributed by atoms with Crippen LogP contribution in [0.3, 0.4) is 0 Å². The van der Waals surface area contributed by atoms with Crippen molar-refractivity contribution in [2.45, 2.75) is 50.8 Å². The van der Waals surface area contributed by atoms with Gasteiger partial charge in [-0.05, 0) is 42.6 Å². The van der Waals surface area contributed by atoms with Crippen LogP contribution >= 0.6 is 27.7 Å². The highest BCUT2D eigenvalue weighted by Crippen LogP contribution is 2.30. The maximum atomic E-state index is 3.56. The van der Waals surface area contributed by atoms with Gasteiger partial charge in [0, 0.05) is 21.2 Å². The number of benzene rings is 1. The predicted octanol–water partition coefficient (Wildman–Crippen LogP) is 5.09. The molecule has 1 N–H and O–H groups in total. The molecule has 0 heterocycles. The van der Waals surface area contributed by atoms with Gasteiger partial charge in [0.2, 0.25) is 0 Å². The van der Waals surface area contributed by atoms with Crippen molar-refractivity contribution >= 4 is 27.7 Å². The van der Waals surface area contributed by atoms with Gasteiger partial charge in [0.1, 0.15) is 0 Å². The number of halogens is 1. The monoisotopic (exact) mass is 329 g/mol. The first-order valence-electron chi connectivity index (χ1n) is 6.68. The third-order valence-corrected chi connectivity index (χ3v) is 4.67. The van der Waals surface area contributed by atoms with Crippen molar-refractivity contribution in [2.24, 2.45) is 5.92 Å². The first-order chi connectivity index (χ1) is 8.52. The van der Waals surface area contributed by atoms with Crippen LogP contribution in [0.4, 0.5) is 0 Å². The molecule has 1 atom stereocenters. The maximum absolute atomic E-state index is 3.56. The minimum atomic E-state index is 0.676. The number of hydrogen-bond donors (Lipinski definition) is 1. The van der Waals surface area contributed by atoms with Crippen molar-refractivity contribution in [2.75, 3.05) is 6.54 Å². The standard InChI is InChI=1S/C15H24BrNS/c1-5-12(4)18-15-7-6-14(16)8-13(15)10-17-9-11(2)3/h6-8,11-12,17H,5,9-10H2,1-4H3. The van der Waals surface area contributed by atoms with Crippen LogP contribution < -0.4 is 5.32 Å². The summed E-state index contributed by atoms with van der Waals surface area (Å²) in [6, 6.07) is 6.60. The lowest BCUT2D eigenvalue weighted by molar-refractivity contribution is 0.550. The molecule has 1 aromatic carbocycles. The van der Waals surface area contributed by atoms with E-state index < -0.39 is 0 Å². The fraction of sp³-hybridized carbons (Fsp3) is 0.600. The lowest BCUT2D eigenvalue weighted by Crippen LogP contribution is -2.19. The predicted molar refractivity (Wildman–Crippen MR) is 86.3 cm³/mol. The van der Waals surface area contributed by atoms with E-state index in [1.165, 1.54) is 16.9 Å². The molecule has 3 heteroatoms. The summed E-state index contributed by atoms with van der Waals surface area (Å²) in [6.07, 6.45) is 1.21. The van der Waals surface area contributed by atoms with Crippen molar-refractivity contribution in [1.82, 2.24) is 5.32 Å². The van der Waals surface area contributed by atoms with Crippen LogP contribution in [0.5, 0.6) is 0 Å². The summed E-state index contributed by atoms with van der Waals surface area (Å²) < 4.78 is 1.16. The Morgan fingerprint density at radius 3 is 2.61 bits per heavy atom. The topological polar surface area (TPSA) is 12.0 Å². The number of rotatable bonds is 7. The Hall–Kier alpha value is 0.01000. The second-order valence-corrected chi connectivity index (χ2v) is 7.51. The molecule has 102 valence electrons. The van der Waals surface area contributed by atoms with Gasteiger partial charge >= 0.3 is 0 Å². The summed E-state index contributed by atoms with van der Waals surface area (Å²) >= 11 is 5.54. The quantitative estimate of drug-likeness (QED) is 0.699. The molecule has 0 aliphatic rings. The summed E-state index contributed by atoms with van der Waals surface area (Å²) in [5.41, 5.74) is 1.40. The van der Waals surface area contributed by atoms with E-state index in [2.05, 4.69) is 67.1 Å². The highest BCUT2D eigenvalue weighted by atomic mass is 79.9. The van der Waals surface area contributed by atoms with Gasteiger partial charge in [-0.3, -0.25) is 0 Å². The fourth-order valence-corrected chi connectivity index (χ4v) is 3.03. The van der Waals surface area contributed by atoms with E-state index in [9.17, 15) is 0 Å². The lowest BCUT2D eigenvalue weighted by Gasteiger charge is -2.15. The van der Waals surface area contributed by atoms with Gasteiger partial charge in [0.15, 0.2) is 0 Å². The molecule has 0 spiro atoms. The Labute approximate surface area is 124 Å². The summed E-state index contributed by atoms with van der Waals surface area (Å²) in [7, 11) is 0. The molecule has 0 radical (unpaired) electrons. The largest absolute Gasteiger partial charge is 0.312 e. The minimum Gasteiger partial charge on any atom is -0.312 e. The van der Waals surface area contributed by atoms with Gasteiger partial charge in [-0.15, -0.1) is 11.8 Å². The molecular formula is C15H24BrNS. The summed E-state index contributed by atoms with van der Waals surface area (Å²) in [4.78, 5) is 1.41. The minimum absolute atomic E-state index is 0.676. The van der Waals surface area contributed by atoms with Crippen LogP contribution in [-0.4, -0.2) is 11.8 Å². The summed E-state index contributed by atoms with van der Waals surface area (Å²) in [6.45, 7) is 11.0. The zero-order valence-corrected chi connectivity index (χ0v) is 14.2. The van der Waals surface area contributed by atoms with Crippen molar-refractivity contribution < 1.29 is 0 Å². The van der Waals surface area contributed by atoms with Crippen LogP contribution in [-0.2, 0) is 6.54 Å². The van der Waals surface area contributed by atoms with Crippen LogP contribution in [0.25, 0.3) is 0 Å². The van der Waals surface area contributed by atoms with Gasteiger partial charge in [-0.2, -0.15) is 0 Å². The molecule has 0 aliphatic carbocycles. The van der Waals surface area contributed by atoms with Gasteiger partial charge in [-0.25, -0.2) is 0 Å². The number of thioether (sulfide) groups is 1. The Kier molecular flexibility index (Phi) is 7.35. The summed E-state index contributed by atoms with van der Waals surface area (Å²) in [5, 5.41) is 4.20. The van der Waals surface area contributed by atoms with Crippen LogP contribution in [0.1, 0.15) is 39.7 Å². The molecule has 0 fully saturated rings. The lowest BCUT2D eigenvalue weighted by atomic mass is 10.2. The molecule has 0 aromatic heterocycles. The Balaban J connectivity index is 2.70. The van der Waals surface area contributed by atoms with Gasteiger partial charge in [0.25, 0.3) is 0 Å². The normalized spacial score (nSPS) is 13.0. The number of hydrogen-bond acceptors (Lipinski definition) is 2. The van der Waals surface area contributed by atoms with E-state index in [-0.39, 0.29) is 0 Å². The van der Waals surface area contributed by atoms with Crippen molar-refractivity contribution in [3.8, 4) is 0 Å². The van der Waals surface area contributed by atoms with Gasteiger partial charge in [0.05, 0.1) is 0 Å². The highest BCUT2D eigenvalue weighted by Gasteiger charge is 2.08. The first-order valence-corrected chi connectivity index (χ1v) is 8.36. The second-order valence-electron chi connectivity index (χ2n) is 5.11. The average molecular weight is 330 g/mol. The molecule has 1 rings (SSSR count). The van der Waals surface area contributed by atoms with Crippen molar-refractivity contribution in [3.05, 3.63) is 28.2 Å². The van der Waals surface area contributed by atoms with Crippen molar-refractivity contribution in [3.63, 3.8) is 0 Å². The molecule has 1 nitrogen and oxygen atoms in total. The van der Waals surface area contributed by atoms with E-state index in [1.54, 1.807) is 0 Å². The van der Waals surface area contributed by atoms with E-state index in [0.29, 0.717) is 11.2 Å². The maximum Gasteiger partial charge on any atom is 0.0217 e. The third kappa shape index (κ3) is 5.77. The zero-order chi connectivity index (χ0) is 13.5. The smallest absolute Gasteiger partial charge is 0.0217 e. The molecule has 0 saturated heterocycles. The third-order valence-electron chi connectivity index (χ3n) is 2.79. The molecule has 0 bridgehead atoms. The van der Waals surface area contributed by atoms with Crippen molar-refractivity contribution in [1.29, 1.82) is 0 Å². The van der Waals surface area contributed by atoms with E-state index in [1.807, 2.05) is 11.8 Å². The molecule has 0 saturated carbocycles. The molecule has 1 unspecified atom stereocenters. The first kappa shape index (κ1) is 16.1. The molecule has 0 amide bonds. The Morgan fingerprint density at radius 2 is 2.00 bits per heavy atom. The van der Waals surface area contributed by atoms with Gasteiger partial charge in [-0.1, -0.05) is 43.6 Å². The van der Waals surface area contributed by atoms with Crippen LogP contribution in [0, 0.1) is 5.92 Å². The highest BCUT2D eigenvalue weighted by molar-refractivity contribution is 9.10. The molecular weight excluding hydrogens is 306 g/mol. The SMILES string of the molecule is CCC(C)Sc1ccc(Br)cc1CNCC(C)C. The molecule has 0 aliphatic heterocycles. The average Bonchev–Trinajstić information content (AvgIpc) is 2.31. The van der Waals surface area contributed by atoms with E-state index in [4.69, 9.17) is 0 Å². The van der Waals surface area contributed by atoms with Crippen LogP contribution in [0.15, 0.2) is 27.6 Å². The zero-order valence-electron chi connectivity index (χ0n) is 11.8. The van der Waals surface area contributed by atoms with E-state index in [0.717, 1.165) is 17.6 Å². The molecule has 18 heavy (non-hydrogen) atoms. The Bertz CT molecular complexity index is 366. The van der Waals surface area contributed by atoms with Crippen LogP contribution in [0.2, 0.25) is 0 Å². The van der Waals surface area contributed by atoms with Gasteiger partial charge < -0.3 is 5.32 Å². The number of nitrogens with one attached hydrogen (secondary N) is 1. The molecule has 1 aromatic rings. The van der Waals surface area contributed by atoms with E-state index >= 15 is 0 Å².